The average Bonchev–Trinajstić information content (AvgIpc) is 2.38. The van der Waals surface area contributed by atoms with Crippen LogP contribution in [0.25, 0.3) is 0 Å². The summed E-state index contributed by atoms with van der Waals surface area (Å²) >= 11 is 6.70. The molecule has 0 aliphatic heterocycles. The van der Waals surface area contributed by atoms with Gasteiger partial charge in [0.2, 0.25) is 0 Å². The van der Waals surface area contributed by atoms with Gasteiger partial charge in [0, 0.05) is 8.95 Å². The van der Waals surface area contributed by atoms with Gasteiger partial charge in [0.15, 0.2) is 5.03 Å². The molecule has 0 saturated carbocycles. The number of nitrogens with zero attached hydrogens (tertiary/aromatic N) is 1. The van der Waals surface area contributed by atoms with E-state index in [-0.39, 0.29) is 0 Å². The molecule has 0 unspecified atom stereocenters. The molecule has 4 nitrogen and oxygen atoms in total. The topological polar surface area (TPSA) is 55.2 Å². The van der Waals surface area contributed by atoms with Gasteiger partial charge in [-0.1, -0.05) is 56.1 Å². The van der Waals surface area contributed by atoms with Crippen molar-refractivity contribution in [2.45, 2.75) is 6.04 Å². The van der Waals surface area contributed by atoms with Crippen molar-refractivity contribution in [3.63, 3.8) is 0 Å². The number of hydrogen-bond acceptors (Lipinski definition) is 2. The Hall–Kier alpha value is -1.40. The van der Waals surface area contributed by atoms with E-state index in [4.69, 9.17) is 0 Å². The van der Waals surface area contributed by atoms with Crippen molar-refractivity contribution in [1.29, 1.82) is 0 Å². The van der Waals surface area contributed by atoms with E-state index in [2.05, 4.69) is 37.3 Å². The Morgan fingerprint density at radius 3 is 1.58 bits per heavy atom. The van der Waals surface area contributed by atoms with E-state index in [0.717, 1.165) is 20.1 Å². The lowest BCUT2D eigenvalue weighted by atomic mass is 9.99. The maximum absolute atomic E-state index is 10.8. The first-order chi connectivity index (χ1) is 9.06. The third-order valence-corrected chi connectivity index (χ3v) is 3.70. The molecule has 2 aromatic carbocycles. The summed E-state index contributed by atoms with van der Waals surface area (Å²) in [5, 5.41) is 10.2. The Morgan fingerprint density at radius 1 is 0.895 bits per heavy atom. The van der Waals surface area contributed by atoms with Gasteiger partial charge in [0.1, 0.15) is 6.04 Å². The number of nitrogens with one attached hydrogen (secondary N) is 1. The number of halogens is 2. The molecule has 0 spiro atoms. The summed E-state index contributed by atoms with van der Waals surface area (Å²) in [5.41, 5.74) is 4.01. The Kier molecular flexibility index (Phi) is 4.55. The molecule has 0 heterocycles. The summed E-state index contributed by atoms with van der Waals surface area (Å²) in [6.07, 6.45) is 0. The zero-order valence-corrected chi connectivity index (χ0v) is 12.9. The third-order valence-electron chi connectivity index (χ3n) is 2.64. The van der Waals surface area contributed by atoms with E-state index in [1.54, 1.807) is 0 Å². The van der Waals surface area contributed by atoms with Crippen LogP contribution in [0, 0.1) is 10.1 Å². The monoisotopic (exact) mass is 384 g/mol. The van der Waals surface area contributed by atoms with Gasteiger partial charge < -0.3 is 0 Å². The van der Waals surface area contributed by atoms with Crippen molar-refractivity contribution in [2.24, 2.45) is 0 Å². The first kappa shape index (κ1) is 14.0. The molecule has 0 amide bonds. The summed E-state index contributed by atoms with van der Waals surface area (Å²) < 4.78 is 1.87. The SMILES string of the molecule is O=[N+]([O-])NC(c1ccc(Br)cc1)c1ccc(Br)cc1. The smallest absolute Gasteiger partial charge is 0.158 e. The second-order valence-electron chi connectivity index (χ2n) is 3.92. The molecule has 2 aromatic rings. The molecule has 0 bridgehead atoms. The Balaban J connectivity index is 2.37. The van der Waals surface area contributed by atoms with E-state index in [1.165, 1.54) is 0 Å². The molecule has 0 radical (unpaired) electrons. The van der Waals surface area contributed by atoms with Crippen LogP contribution in [0.15, 0.2) is 57.5 Å². The van der Waals surface area contributed by atoms with Crippen molar-refractivity contribution in [3.05, 3.63) is 78.7 Å². The highest BCUT2D eigenvalue weighted by Gasteiger charge is 2.18. The maximum Gasteiger partial charge on any atom is 0.158 e. The second kappa shape index (κ2) is 6.16. The number of nitro groups is 1. The van der Waals surface area contributed by atoms with Crippen molar-refractivity contribution < 1.29 is 5.03 Å². The van der Waals surface area contributed by atoms with Gasteiger partial charge in [0.05, 0.1) is 0 Å². The van der Waals surface area contributed by atoms with E-state index < -0.39 is 11.1 Å². The molecule has 0 fully saturated rings. The van der Waals surface area contributed by atoms with Crippen LogP contribution in [-0.2, 0) is 0 Å². The van der Waals surface area contributed by atoms with Gasteiger partial charge in [-0.3, -0.25) is 0 Å². The highest BCUT2D eigenvalue weighted by atomic mass is 79.9. The molecule has 6 heteroatoms. The summed E-state index contributed by atoms with van der Waals surface area (Å²) in [7, 11) is 0. The summed E-state index contributed by atoms with van der Waals surface area (Å²) in [5.74, 6) is 0. The predicted molar refractivity (Wildman–Crippen MR) is 80.3 cm³/mol. The van der Waals surface area contributed by atoms with Crippen molar-refractivity contribution in [3.8, 4) is 0 Å². The molecule has 98 valence electrons. The molecule has 0 aliphatic rings. The maximum atomic E-state index is 10.8. The molecule has 0 atom stereocenters. The molecule has 1 N–H and O–H groups in total. The van der Waals surface area contributed by atoms with Gasteiger partial charge >= 0.3 is 0 Å². The Bertz CT molecular complexity index is 525. The van der Waals surface area contributed by atoms with Crippen molar-refractivity contribution in [1.82, 2.24) is 5.43 Å². The van der Waals surface area contributed by atoms with E-state index >= 15 is 0 Å². The molecule has 0 aromatic heterocycles. The lowest BCUT2D eigenvalue weighted by Crippen LogP contribution is -2.28. The minimum absolute atomic E-state index is 0.476. The van der Waals surface area contributed by atoms with E-state index in [9.17, 15) is 10.1 Å². The summed E-state index contributed by atoms with van der Waals surface area (Å²) in [6.45, 7) is 0. The fourth-order valence-corrected chi connectivity index (χ4v) is 2.29. The molecular weight excluding hydrogens is 376 g/mol. The normalized spacial score (nSPS) is 10.5. The molecular formula is C13H10Br2N2O2. The highest BCUT2D eigenvalue weighted by molar-refractivity contribution is 9.10. The van der Waals surface area contributed by atoms with Crippen LogP contribution in [0.4, 0.5) is 0 Å². The number of hydrogen-bond donors (Lipinski definition) is 1. The minimum atomic E-state index is -0.519. The molecule has 0 saturated heterocycles. The van der Waals surface area contributed by atoms with Crippen molar-refractivity contribution >= 4 is 31.9 Å². The Labute approximate surface area is 127 Å². The minimum Gasteiger partial charge on any atom is -0.235 e. The first-order valence-electron chi connectivity index (χ1n) is 5.48. The average molecular weight is 386 g/mol. The Morgan fingerprint density at radius 2 is 1.26 bits per heavy atom. The lowest BCUT2D eigenvalue weighted by Gasteiger charge is -2.15. The van der Waals surface area contributed by atoms with Crippen molar-refractivity contribution in [2.75, 3.05) is 0 Å². The molecule has 19 heavy (non-hydrogen) atoms. The molecule has 0 aliphatic carbocycles. The van der Waals surface area contributed by atoms with Crippen LogP contribution in [0.1, 0.15) is 17.2 Å². The first-order valence-corrected chi connectivity index (χ1v) is 7.06. The van der Waals surface area contributed by atoms with Gasteiger partial charge in [0.25, 0.3) is 0 Å². The van der Waals surface area contributed by atoms with Crippen LogP contribution in [-0.4, -0.2) is 5.03 Å². The van der Waals surface area contributed by atoms with Crippen LogP contribution in [0.5, 0.6) is 0 Å². The van der Waals surface area contributed by atoms with Crippen LogP contribution >= 0.6 is 31.9 Å². The van der Waals surface area contributed by atoms with Crippen LogP contribution in [0.2, 0.25) is 0 Å². The van der Waals surface area contributed by atoms with Gasteiger partial charge in [-0.15, -0.1) is 5.43 Å². The largest absolute Gasteiger partial charge is 0.235 e. The number of benzene rings is 2. The fraction of sp³-hybridized carbons (Fsp3) is 0.0769. The predicted octanol–water partition coefficient (Wildman–Crippen LogP) is 4.08. The molecule has 2 rings (SSSR count). The zero-order chi connectivity index (χ0) is 13.8. The van der Waals surface area contributed by atoms with Crippen LogP contribution < -0.4 is 5.43 Å². The second-order valence-corrected chi connectivity index (χ2v) is 5.75. The lowest BCUT2D eigenvalue weighted by molar-refractivity contribution is -0.550. The number of hydrazine groups is 1. The van der Waals surface area contributed by atoms with E-state index in [1.807, 2.05) is 48.5 Å². The van der Waals surface area contributed by atoms with Gasteiger partial charge in [-0.2, -0.15) is 0 Å². The number of rotatable bonds is 4. The van der Waals surface area contributed by atoms with E-state index in [0.29, 0.717) is 0 Å². The van der Waals surface area contributed by atoms with Gasteiger partial charge in [-0.05, 0) is 35.4 Å². The fourth-order valence-electron chi connectivity index (χ4n) is 1.76. The van der Waals surface area contributed by atoms with Gasteiger partial charge in [-0.25, -0.2) is 10.1 Å². The zero-order valence-electron chi connectivity index (χ0n) is 9.72. The third kappa shape index (κ3) is 3.78. The standard InChI is InChI=1S/C13H10Br2N2O2/c14-11-5-1-9(2-6-11)13(16-17(18)19)10-3-7-12(15)8-4-10/h1-8,13,16H. The van der Waals surface area contributed by atoms with Crippen LogP contribution in [0.3, 0.4) is 0 Å². The summed E-state index contributed by atoms with van der Waals surface area (Å²) in [4.78, 5) is 10.8. The summed E-state index contributed by atoms with van der Waals surface area (Å²) in [6, 6.07) is 14.4. The quantitative estimate of drug-likeness (QED) is 0.637. The highest BCUT2D eigenvalue weighted by Crippen LogP contribution is 2.25.